The summed E-state index contributed by atoms with van der Waals surface area (Å²) in [4.78, 5) is 20.8. The van der Waals surface area contributed by atoms with Gasteiger partial charge in [0.25, 0.3) is 5.91 Å². The summed E-state index contributed by atoms with van der Waals surface area (Å²) < 4.78 is 31.3. The molecule has 0 fully saturated rings. The molecule has 3 aromatic rings. The van der Waals surface area contributed by atoms with Crippen LogP contribution in [0.15, 0.2) is 48.8 Å². The van der Waals surface area contributed by atoms with Gasteiger partial charge >= 0.3 is 0 Å². The van der Waals surface area contributed by atoms with E-state index >= 15 is 0 Å². The van der Waals surface area contributed by atoms with E-state index in [9.17, 15) is 9.18 Å². The summed E-state index contributed by atoms with van der Waals surface area (Å²) >= 11 is 0. The third-order valence-corrected chi connectivity index (χ3v) is 5.94. The molecule has 8 nitrogen and oxygen atoms in total. The Morgan fingerprint density at radius 1 is 1.24 bits per heavy atom. The number of rotatable bonds is 3. The zero-order chi connectivity index (χ0) is 23.5. The van der Waals surface area contributed by atoms with E-state index in [2.05, 4.69) is 26.7 Å². The van der Waals surface area contributed by atoms with E-state index in [1.807, 2.05) is 12.1 Å². The lowest BCUT2D eigenvalue weighted by Crippen LogP contribution is -2.34. The maximum Gasteiger partial charge on any atom is 0.255 e. The average Bonchev–Trinajstić information content (AvgIpc) is 3.22. The van der Waals surface area contributed by atoms with Gasteiger partial charge in [0, 0.05) is 29.9 Å². The Labute approximate surface area is 196 Å². The van der Waals surface area contributed by atoms with Crippen molar-refractivity contribution in [2.75, 3.05) is 38.8 Å². The van der Waals surface area contributed by atoms with Crippen LogP contribution >= 0.6 is 0 Å². The first-order valence-corrected chi connectivity index (χ1v) is 11.1. The fraction of sp³-hybridized carbons (Fsp3) is 0.280. The molecule has 34 heavy (non-hydrogen) atoms. The lowest BCUT2D eigenvalue weighted by atomic mass is 9.93. The second-order valence-electron chi connectivity index (χ2n) is 8.02. The Bertz CT molecular complexity index is 1240. The summed E-state index contributed by atoms with van der Waals surface area (Å²) in [5, 5.41) is 6.25. The molecule has 0 radical (unpaired) electrons. The van der Waals surface area contributed by atoms with Crippen LogP contribution < -0.4 is 20.1 Å². The molecule has 2 aromatic heterocycles. The molecule has 2 aliphatic heterocycles. The summed E-state index contributed by atoms with van der Waals surface area (Å²) in [6.07, 6.45) is 8.04. The van der Waals surface area contributed by atoms with Gasteiger partial charge in [-0.3, -0.25) is 9.78 Å². The molecule has 9 heteroatoms. The van der Waals surface area contributed by atoms with Gasteiger partial charge in [0.15, 0.2) is 11.6 Å². The number of carbonyl (C=O) groups is 1. The largest absolute Gasteiger partial charge is 0.492 e. The van der Waals surface area contributed by atoms with Crippen molar-refractivity contribution in [2.45, 2.75) is 12.3 Å². The van der Waals surface area contributed by atoms with Crippen molar-refractivity contribution < 1.29 is 23.4 Å². The molecular formula is C25H25FN4O4. The van der Waals surface area contributed by atoms with Gasteiger partial charge < -0.3 is 29.8 Å². The number of amides is 1. The van der Waals surface area contributed by atoms with Crippen LogP contribution in [0.2, 0.25) is 0 Å². The van der Waals surface area contributed by atoms with Crippen LogP contribution in [0, 0.1) is 5.82 Å². The number of hydrogen-bond donors (Lipinski definition) is 3. The molecule has 2 aliphatic rings. The first-order valence-electron chi connectivity index (χ1n) is 11.1. The highest BCUT2D eigenvalue weighted by Gasteiger charge is 2.33. The van der Waals surface area contributed by atoms with Gasteiger partial charge in [-0.15, -0.1) is 0 Å². The average molecular weight is 464 g/mol. The highest BCUT2D eigenvalue weighted by molar-refractivity contribution is 6.07. The van der Waals surface area contributed by atoms with Crippen LogP contribution in [0.4, 0.5) is 15.8 Å². The number of nitrogens with zero attached hydrogens (tertiary/aromatic N) is 1. The zero-order valence-electron chi connectivity index (χ0n) is 18.7. The van der Waals surface area contributed by atoms with Crippen molar-refractivity contribution in [3.63, 3.8) is 0 Å². The van der Waals surface area contributed by atoms with E-state index in [1.165, 1.54) is 13.2 Å². The van der Waals surface area contributed by atoms with E-state index in [-0.39, 0.29) is 17.6 Å². The minimum atomic E-state index is -0.503. The summed E-state index contributed by atoms with van der Waals surface area (Å²) in [5.74, 6) is -0.0734. The molecule has 2 bridgehead atoms. The molecule has 3 N–H and O–H groups in total. The molecule has 4 heterocycles. The number of nitrogens with one attached hydrogen (secondary N) is 3. The van der Waals surface area contributed by atoms with Gasteiger partial charge in [-0.2, -0.15) is 0 Å². The minimum Gasteiger partial charge on any atom is -0.492 e. The molecular weight excluding hydrogens is 439 g/mol. The quantitative estimate of drug-likeness (QED) is 0.504. The number of fused-ring (bicyclic) bond motifs is 3. The van der Waals surface area contributed by atoms with Crippen LogP contribution in [0.1, 0.15) is 28.4 Å². The number of H-pyrrole nitrogens is 1. The number of ether oxygens (including phenoxy) is 3. The number of pyridine rings is 1. The standard InChI is InChI=1S/C25H25FN4O4/c1-32-24-17(26)6-4-7-18(24)29-23-20-21-15(13-28-25(20)31)5-2-3-10-33-11-12-34-19-14-27-9-8-16(19)22(23)30-21/h2-4,6-9,14-15,29-30H,5,10-13H2,1H3,(H,28,31)/b3-2-. The number of carbonyl (C=O) groups excluding carboxylic acids is 1. The predicted molar refractivity (Wildman–Crippen MR) is 125 cm³/mol. The van der Waals surface area contributed by atoms with E-state index in [0.717, 1.165) is 17.7 Å². The molecule has 1 aromatic carbocycles. The number of anilines is 2. The normalized spacial score (nSPS) is 18.6. The predicted octanol–water partition coefficient (Wildman–Crippen LogP) is 4.15. The molecule has 1 atom stereocenters. The van der Waals surface area contributed by atoms with Gasteiger partial charge in [0.05, 0.1) is 49.2 Å². The summed E-state index contributed by atoms with van der Waals surface area (Å²) in [6, 6.07) is 6.43. The lowest BCUT2D eigenvalue weighted by Gasteiger charge is -2.23. The monoisotopic (exact) mass is 464 g/mol. The number of methoxy groups -OCH3 is 1. The second kappa shape index (κ2) is 9.56. The number of hydrogen-bond acceptors (Lipinski definition) is 6. The van der Waals surface area contributed by atoms with Crippen molar-refractivity contribution in [3.05, 3.63) is 65.9 Å². The summed E-state index contributed by atoms with van der Waals surface area (Å²) in [7, 11) is 1.41. The van der Waals surface area contributed by atoms with Crippen molar-refractivity contribution in [1.29, 1.82) is 0 Å². The van der Waals surface area contributed by atoms with Gasteiger partial charge in [-0.25, -0.2) is 4.39 Å². The molecule has 5 rings (SSSR count). The van der Waals surface area contributed by atoms with E-state index < -0.39 is 5.82 Å². The Morgan fingerprint density at radius 3 is 3.03 bits per heavy atom. The van der Waals surface area contributed by atoms with Crippen LogP contribution in [0.5, 0.6) is 11.5 Å². The second-order valence-corrected chi connectivity index (χ2v) is 8.02. The number of benzene rings is 1. The van der Waals surface area contributed by atoms with E-state index in [1.54, 1.807) is 24.5 Å². The smallest absolute Gasteiger partial charge is 0.255 e. The molecule has 1 unspecified atom stereocenters. The van der Waals surface area contributed by atoms with Crippen LogP contribution in [0.3, 0.4) is 0 Å². The highest BCUT2D eigenvalue weighted by Crippen LogP contribution is 2.44. The van der Waals surface area contributed by atoms with E-state index in [4.69, 9.17) is 14.2 Å². The third-order valence-electron chi connectivity index (χ3n) is 5.94. The minimum absolute atomic E-state index is 0.0294. The Kier molecular flexibility index (Phi) is 6.18. The maximum atomic E-state index is 14.4. The van der Waals surface area contributed by atoms with Crippen LogP contribution in [-0.4, -0.2) is 49.4 Å². The Balaban J connectivity index is 1.71. The van der Waals surface area contributed by atoms with Crippen molar-refractivity contribution >= 4 is 17.3 Å². The fourth-order valence-electron chi connectivity index (χ4n) is 4.34. The number of aromatic nitrogens is 2. The Morgan fingerprint density at radius 2 is 2.15 bits per heavy atom. The zero-order valence-corrected chi connectivity index (χ0v) is 18.7. The first-order chi connectivity index (χ1) is 16.7. The fourth-order valence-corrected chi connectivity index (χ4v) is 4.34. The van der Waals surface area contributed by atoms with Gasteiger partial charge in [0.1, 0.15) is 12.4 Å². The van der Waals surface area contributed by atoms with Gasteiger partial charge in [-0.1, -0.05) is 18.2 Å². The molecule has 176 valence electrons. The van der Waals surface area contributed by atoms with Gasteiger partial charge in [0.2, 0.25) is 0 Å². The first kappa shape index (κ1) is 22.0. The Hall–Kier alpha value is -3.85. The maximum absolute atomic E-state index is 14.4. The van der Waals surface area contributed by atoms with Crippen molar-refractivity contribution in [3.8, 4) is 22.8 Å². The number of para-hydroxylation sites is 1. The highest BCUT2D eigenvalue weighted by atomic mass is 19.1. The van der Waals surface area contributed by atoms with E-state index in [0.29, 0.717) is 54.7 Å². The molecule has 0 aliphatic carbocycles. The van der Waals surface area contributed by atoms with Crippen molar-refractivity contribution in [1.82, 2.24) is 15.3 Å². The molecule has 0 saturated heterocycles. The summed E-state index contributed by atoms with van der Waals surface area (Å²) in [5.41, 5.74) is 3.59. The molecule has 0 spiro atoms. The molecule has 0 saturated carbocycles. The molecule has 1 amide bonds. The number of allylic oxidation sites excluding steroid dienone is 1. The third kappa shape index (κ3) is 4.10. The van der Waals surface area contributed by atoms with Crippen molar-refractivity contribution in [2.24, 2.45) is 0 Å². The lowest BCUT2D eigenvalue weighted by molar-refractivity contribution is 0.0941. The number of aromatic amines is 1. The number of halogens is 1. The van der Waals surface area contributed by atoms with Crippen LogP contribution in [0.25, 0.3) is 11.3 Å². The summed E-state index contributed by atoms with van der Waals surface area (Å²) in [6.45, 7) is 1.75. The van der Waals surface area contributed by atoms with Crippen LogP contribution in [-0.2, 0) is 4.74 Å². The van der Waals surface area contributed by atoms with Gasteiger partial charge in [-0.05, 0) is 24.6 Å². The SMILES string of the molecule is COc1c(F)cccc1Nc1c2[nH]c3c1C(=O)NCC3C/C=C\COCCOc1cnccc1-2. The topological polar surface area (TPSA) is 97.5 Å².